The van der Waals surface area contributed by atoms with Gasteiger partial charge in [-0.05, 0) is 43.5 Å². The Morgan fingerprint density at radius 2 is 1.95 bits per heavy atom. The molecule has 5 nitrogen and oxygen atoms in total. The van der Waals surface area contributed by atoms with Crippen molar-refractivity contribution in [2.75, 3.05) is 5.32 Å². The summed E-state index contributed by atoms with van der Waals surface area (Å²) in [7, 11) is 0. The van der Waals surface area contributed by atoms with Crippen molar-refractivity contribution in [3.8, 4) is 5.75 Å². The number of phenols is 1. The summed E-state index contributed by atoms with van der Waals surface area (Å²) in [5.74, 6) is 0.265. The standard InChI is InChI=1S/C16H18N2O3/c1-12(5-6-13-7-9-16(19)10-8-13)17-14-3-2-4-15(11-14)18(20)21/h2-4,7-12,17,19H,5-6H2,1H3. The summed E-state index contributed by atoms with van der Waals surface area (Å²) in [5.41, 5.74) is 1.99. The van der Waals surface area contributed by atoms with Crippen molar-refractivity contribution in [2.45, 2.75) is 25.8 Å². The molecule has 0 aliphatic rings. The summed E-state index contributed by atoms with van der Waals surface area (Å²) in [6.45, 7) is 2.04. The number of nitrogens with one attached hydrogen (secondary N) is 1. The zero-order valence-corrected chi connectivity index (χ0v) is 11.8. The van der Waals surface area contributed by atoms with Crippen LogP contribution in [0.1, 0.15) is 18.9 Å². The number of nitro benzene ring substituents is 1. The van der Waals surface area contributed by atoms with E-state index in [9.17, 15) is 15.2 Å². The average molecular weight is 286 g/mol. The van der Waals surface area contributed by atoms with E-state index in [1.807, 2.05) is 25.1 Å². The molecule has 2 aromatic rings. The van der Waals surface area contributed by atoms with Crippen LogP contribution in [0.2, 0.25) is 0 Å². The number of anilines is 1. The first-order chi connectivity index (χ1) is 10.0. The monoisotopic (exact) mass is 286 g/mol. The van der Waals surface area contributed by atoms with Crippen molar-refractivity contribution in [1.82, 2.24) is 0 Å². The Balaban J connectivity index is 1.89. The van der Waals surface area contributed by atoms with Gasteiger partial charge in [0.05, 0.1) is 4.92 Å². The van der Waals surface area contributed by atoms with Crippen LogP contribution in [0, 0.1) is 10.1 Å². The summed E-state index contributed by atoms with van der Waals surface area (Å²) in [4.78, 5) is 10.3. The molecule has 0 radical (unpaired) electrons. The highest BCUT2D eigenvalue weighted by Gasteiger charge is 2.08. The molecule has 0 spiro atoms. The van der Waals surface area contributed by atoms with Crippen LogP contribution < -0.4 is 5.32 Å². The van der Waals surface area contributed by atoms with E-state index in [2.05, 4.69) is 5.32 Å². The van der Waals surface area contributed by atoms with Gasteiger partial charge in [-0.1, -0.05) is 18.2 Å². The van der Waals surface area contributed by atoms with Crippen LogP contribution in [0.5, 0.6) is 5.75 Å². The molecule has 110 valence electrons. The Bertz CT molecular complexity index is 611. The second-order valence-corrected chi connectivity index (χ2v) is 5.06. The van der Waals surface area contributed by atoms with Crippen molar-refractivity contribution in [3.05, 3.63) is 64.2 Å². The minimum atomic E-state index is -0.397. The lowest BCUT2D eigenvalue weighted by molar-refractivity contribution is -0.384. The third-order valence-corrected chi connectivity index (χ3v) is 3.27. The molecule has 0 aliphatic carbocycles. The number of phenolic OH excluding ortho intramolecular Hbond substituents is 1. The molecule has 0 saturated heterocycles. The normalized spacial score (nSPS) is 11.9. The number of non-ortho nitro benzene ring substituents is 1. The van der Waals surface area contributed by atoms with E-state index in [0.717, 1.165) is 24.1 Å². The molecule has 21 heavy (non-hydrogen) atoms. The van der Waals surface area contributed by atoms with Gasteiger partial charge in [-0.2, -0.15) is 0 Å². The van der Waals surface area contributed by atoms with Gasteiger partial charge in [-0.15, -0.1) is 0 Å². The zero-order chi connectivity index (χ0) is 15.2. The van der Waals surface area contributed by atoms with Crippen LogP contribution in [0.3, 0.4) is 0 Å². The Kier molecular flexibility index (Phi) is 4.77. The van der Waals surface area contributed by atoms with Gasteiger partial charge < -0.3 is 10.4 Å². The lowest BCUT2D eigenvalue weighted by Crippen LogP contribution is -2.16. The molecule has 1 atom stereocenters. The highest BCUT2D eigenvalue weighted by Crippen LogP contribution is 2.19. The smallest absolute Gasteiger partial charge is 0.271 e. The quantitative estimate of drug-likeness (QED) is 0.626. The van der Waals surface area contributed by atoms with Gasteiger partial charge >= 0.3 is 0 Å². The molecule has 0 aliphatic heterocycles. The first-order valence-corrected chi connectivity index (χ1v) is 6.83. The van der Waals surface area contributed by atoms with E-state index in [1.54, 1.807) is 18.2 Å². The summed E-state index contributed by atoms with van der Waals surface area (Å²) in [6, 6.07) is 13.9. The van der Waals surface area contributed by atoms with Crippen LogP contribution >= 0.6 is 0 Å². The van der Waals surface area contributed by atoms with Crippen LogP contribution in [0.25, 0.3) is 0 Å². The van der Waals surface area contributed by atoms with Gasteiger partial charge in [-0.3, -0.25) is 10.1 Å². The topological polar surface area (TPSA) is 75.4 Å². The van der Waals surface area contributed by atoms with Gasteiger partial charge in [-0.25, -0.2) is 0 Å². The minimum Gasteiger partial charge on any atom is -0.508 e. The van der Waals surface area contributed by atoms with Gasteiger partial charge in [0.15, 0.2) is 0 Å². The van der Waals surface area contributed by atoms with Gasteiger partial charge in [0, 0.05) is 23.9 Å². The molecule has 2 N–H and O–H groups in total. The number of hydrogen-bond donors (Lipinski definition) is 2. The molecule has 1 unspecified atom stereocenters. The average Bonchev–Trinajstić information content (AvgIpc) is 2.47. The highest BCUT2D eigenvalue weighted by atomic mass is 16.6. The maximum atomic E-state index is 10.7. The lowest BCUT2D eigenvalue weighted by atomic mass is 10.1. The van der Waals surface area contributed by atoms with E-state index in [1.165, 1.54) is 12.1 Å². The van der Waals surface area contributed by atoms with Crippen molar-refractivity contribution in [3.63, 3.8) is 0 Å². The third kappa shape index (κ3) is 4.49. The molecular formula is C16H18N2O3. The van der Waals surface area contributed by atoms with Crippen molar-refractivity contribution < 1.29 is 10.0 Å². The van der Waals surface area contributed by atoms with Gasteiger partial charge in [0.1, 0.15) is 5.75 Å². The first kappa shape index (κ1) is 14.8. The number of rotatable bonds is 6. The predicted molar refractivity (Wildman–Crippen MR) is 82.6 cm³/mol. The van der Waals surface area contributed by atoms with Crippen LogP contribution in [-0.2, 0) is 6.42 Å². The number of hydrogen-bond acceptors (Lipinski definition) is 4. The predicted octanol–water partition coefficient (Wildman–Crippen LogP) is 3.73. The van der Waals surface area contributed by atoms with Gasteiger partial charge in [0.25, 0.3) is 5.69 Å². The first-order valence-electron chi connectivity index (χ1n) is 6.83. The lowest BCUT2D eigenvalue weighted by Gasteiger charge is -2.15. The second kappa shape index (κ2) is 6.74. The maximum absolute atomic E-state index is 10.7. The number of aromatic hydroxyl groups is 1. The van der Waals surface area contributed by atoms with Crippen LogP contribution in [0.4, 0.5) is 11.4 Å². The fraction of sp³-hybridized carbons (Fsp3) is 0.250. The minimum absolute atomic E-state index is 0.0886. The molecule has 5 heteroatoms. The Morgan fingerprint density at radius 3 is 2.62 bits per heavy atom. The van der Waals surface area contributed by atoms with Crippen LogP contribution in [-0.4, -0.2) is 16.1 Å². The zero-order valence-electron chi connectivity index (χ0n) is 11.8. The molecule has 0 heterocycles. The number of nitrogens with zero attached hydrogens (tertiary/aromatic N) is 1. The van der Waals surface area contributed by atoms with E-state index >= 15 is 0 Å². The summed E-state index contributed by atoms with van der Waals surface area (Å²) < 4.78 is 0. The maximum Gasteiger partial charge on any atom is 0.271 e. The van der Waals surface area contributed by atoms with E-state index in [4.69, 9.17) is 0 Å². The molecule has 0 saturated carbocycles. The number of nitro groups is 1. The summed E-state index contributed by atoms with van der Waals surface area (Å²) in [6.07, 6.45) is 1.77. The van der Waals surface area contributed by atoms with Gasteiger partial charge in [0.2, 0.25) is 0 Å². The largest absolute Gasteiger partial charge is 0.508 e. The summed E-state index contributed by atoms with van der Waals surface area (Å²) >= 11 is 0. The third-order valence-electron chi connectivity index (χ3n) is 3.27. The SMILES string of the molecule is CC(CCc1ccc(O)cc1)Nc1cccc([N+](=O)[O-])c1. The highest BCUT2D eigenvalue weighted by molar-refractivity contribution is 5.51. The summed E-state index contributed by atoms with van der Waals surface area (Å²) in [5, 5.41) is 23.2. The van der Waals surface area contributed by atoms with Crippen molar-refractivity contribution >= 4 is 11.4 Å². The molecule has 0 aromatic heterocycles. The molecular weight excluding hydrogens is 268 g/mol. The Hall–Kier alpha value is -2.56. The molecule has 2 aromatic carbocycles. The Morgan fingerprint density at radius 1 is 1.24 bits per heavy atom. The molecule has 0 bridgehead atoms. The molecule has 0 fully saturated rings. The number of aryl methyl sites for hydroxylation is 1. The van der Waals surface area contributed by atoms with E-state index in [0.29, 0.717) is 0 Å². The van der Waals surface area contributed by atoms with Crippen molar-refractivity contribution in [2.24, 2.45) is 0 Å². The molecule has 2 rings (SSSR count). The number of benzene rings is 2. The molecule has 0 amide bonds. The second-order valence-electron chi connectivity index (χ2n) is 5.06. The fourth-order valence-electron chi connectivity index (χ4n) is 2.11. The van der Waals surface area contributed by atoms with E-state index in [-0.39, 0.29) is 17.5 Å². The Labute approximate surface area is 123 Å². The fourth-order valence-corrected chi connectivity index (χ4v) is 2.11. The van der Waals surface area contributed by atoms with E-state index < -0.39 is 4.92 Å². The van der Waals surface area contributed by atoms with Crippen molar-refractivity contribution in [1.29, 1.82) is 0 Å². The van der Waals surface area contributed by atoms with Crippen LogP contribution in [0.15, 0.2) is 48.5 Å².